The summed E-state index contributed by atoms with van der Waals surface area (Å²) in [5, 5.41) is 5.29. The molecule has 0 aliphatic heterocycles. The van der Waals surface area contributed by atoms with Crippen LogP contribution in [-0.4, -0.2) is 71.6 Å². The van der Waals surface area contributed by atoms with E-state index in [0.717, 1.165) is 5.56 Å². The number of rotatable bonds is 10. The molecule has 1 aromatic carbocycles. The molecular weight excluding hydrogens is 482 g/mol. The number of alkyl carbamates (subject to hydrolysis) is 1. The van der Waals surface area contributed by atoms with Crippen LogP contribution in [0.4, 0.5) is 4.79 Å². The van der Waals surface area contributed by atoms with Crippen LogP contribution >= 0.6 is 11.8 Å². The summed E-state index contributed by atoms with van der Waals surface area (Å²) >= 11 is 1.54. The van der Waals surface area contributed by atoms with E-state index in [1.165, 1.54) is 12.0 Å². The predicted octanol–water partition coefficient (Wildman–Crippen LogP) is 3.60. The van der Waals surface area contributed by atoms with Crippen molar-refractivity contribution in [2.24, 2.45) is 0 Å². The van der Waals surface area contributed by atoms with Gasteiger partial charge in [0.1, 0.15) is 24.2 Å². The molecule has 36 heavy (non-hydrogen) atoms. The van der Waals surface area contributed by atoms with Gasteiger partial charge in [0.15, 0.2) is 0 Å². The van der Waals surface area contributed by atoms with Crippen LogP contribution in [0, 0.1) is 6.92 Å². The summed E-state index contributed by atoms with van der Waals surface area (Å²) in [5.41, 5.74) is -0.0629. The first-order valence-corrected chi connectivity index (χ1v) is 13.2. The zero-order chi connectivity index (χ0) is 27.7. The summed E-state index contributed by atoms with van der Waals surface area (Å²) in [6.45, 7) is 12.2. The lowest BCUT2D eigenvalue weighted by atomic mass is 9.94. The van der Waals surface area contributed by atoms with Crippen molar-refractivity contribution >= 4 is 35.6 Å². The Labute approximate surface area is 219 Å². The molecule has 1 aromatic rings. The molecule has 202 valence electrons. The van der Waals surface area contributed by atoms with Gasteiger partial charge in [-0.2, -0.15) is 11.8 Å². The van der Waals surface area contributed by atoms with Crippen LogP contribution in [-0.2, 0) is 23.9 Å². The van der Waals surface area contributed by atoms with Crippen LogP contribution in [0.1, 0.15) is 65.1 Å². The molecule has 10 heteroatoms. The van der Waals surface area contributed by atoms with Crippen LogP contribution in [0.3, 0.4) is 0 Å². The van der Waals surface area contributed by atoms with Crippen molar-refractivity contribution in [3.63, 3.8) is 0 Å². The van der Waals surface area contributed by atoms with Gasteiger partial charge in [-0.05, 0) is 72.5 Å². The number of aryl methyl sites for hydroxylation is 1. The van der Waals surface area contributed by atoms with Gasteiger partial charge in [0, 0.05) is 5.54 Å². The number of carbonyl (C=O) groups is 4. The molecule has 0 bridgehead atoms. The first kappa shape index (κ1) is 31.3. The number of hydrogen-bond donors (Lipinski definition) is 2. The van der Waals surface area contributed by atoms with E-state index in [4.69, 9.17) is 4.74 Å². The van der Waals surface area contributed by atoms with Crippen molar-refractivity contribution in [3.05, 3.63) is 35.4 Å². The van der Waals surface area contributed by atoms with Gasteiger partial charge in [-0.1, -0.05) is 29.8 Å². The average molecular weight is 524 g/mol. The topological polar surface area (TPSA) is 114 Å². The highest BCUT2D eigenvalue weighted by Crippen LogP contribution is 2.31. The maximum Gasteiger partial charge on any atom is 0.408 e. The second-order valence-electron chi connectivity index (χ2n) is 10.5. The molecule has 2 atom stereocenters. The van der Waals surface area contributed by atoms with E-state index in [1.807, 2.05) is 46.1 Å². The highest BCUT2D eigenvalue weighted by atomic mass is 32.2. The van der Waals surface area contributed by atoms with Gasteiger partial charge in [-0.25, -0.2) is 4.79 Å². The zero-order valence-electron chi connectivity index (χ0n) is 22.9. The standard InChI is InChI=1S/C26H41N3O6S/c1-17-11-10-12-18(15-17)21(22(31)27-16-20(30)34-8)29(25(2,3)4)23(32)19(13-14-36-9)28-24(33)35-26(5,6)7/h10-12,15,19,21H,13-14,16H2,1-9H3,(H,27,31)(H,28,33). The smallest absolute Gasteiger partial charge is 0.408 e. The molecule has 3 amide bonds. The SMILES string of the molecule is COC(=O)CNC(=O)C(c1cccc(C)c1)N(C(=O)C(CCSC)NC(=O)OC(C)(C)C)C(C)(C)C. The Kier molecular flexibility index (Phi) is 11.8. The summed E-state index contributed by atoms with van der Waals surface area (Å²) in [6.07, 6.45) is 1.54. The monoisotopic (exact) mass is 523 g/mol. The highest BCUT2D eigenvalue weighted by molar-refractivity contribution is 7.98. The molecule has 0 spiro atoms. The molecule has 0 fully saturated rings. The maximum atomic E-state index is 14.1. The summed E-state index contributed by atoms with van der Waals surface area (Å²) in [6, 6.07) is 5.31. The number of nitrogens with zero attached hydrogens (tertiary/aromatic N) is 1. The molecule has 0 heterocycles. The summed E-state index contributed by atoms with van der Waals surface area (Å²) in [5.74, 6) is -0.963. The minimum Gasteiger partial charge on any atom is -0.468 e. The van der Waals surface area contributed by atoms with E-state index < -0.39 is 47.1 Å². The third-order valence-corrected chi connectivity index (χ3v) is 5.70. The van der Waals surface area contributed by atoms with E-state index in [9.17, 15) is 19.2 Å². The molecular formula is C26H41N3O6S. The fourth-order valence-electron chi connectivity index (χ4n) is 3.54. The molecule has 2 unspecified atom stereocenters. The molecule has 0 radical (unpaired) electrons. The molecule has 0 aliphatic carbocycles. The van der Waals surface area contributed by atoms with Gasteiger partial charge >= 0.3 is 12.1 Å². The third kappa shape index (κ3) is 10.1. The lowest BCUT2D eigenvalue weighted by Crippen LogP contribution is -2.59. The van der Waals surface area contributed by atoms with Crippen molar-refractivity contribution in [3.8, 4) is 0 Å². The predicted molar refractivity (Wildman–Crippen MR) is 142 cm³/mol. The Balaban J connectivity index is 3.52. The van der Waals surface area contributed by atoms with Gasteiger partial charge in [0.25, 0.3) is 0 Å². The first-order valence-electron chi connectivity index (χ1n) is 11.8. The van der Waals surface area contributed by atoms with Crippen molar-refractivity contribution in [2.45, 2.75) is 78.1 Å². The Morgan fingerprint density at radius 3 is 2.22 bits per heavy atom. The first-order chi connectivity index (χ1) is 16.6. The Bertz CT molecular complexity index is 923. The Morgan fingerprint density at radius 2 is 1.72 bits per heavy atom. The van der Waals surface area contributed by atoms with Crippen molar-refractivity contribution in [1.29, 1.82) is 0 Å². The quantitative estimate of drug-likeness (QED) is 0.451. The van der Waals surface area contributed by atoms with Crippen molar-refractivity contribution in [1.82, 2.24) is 15.5 Å². The normalized spacial score (nSPS) is 13.2. The molecule has 0 aliphatic rings. The van der Waals surface area contributed by atoms with Crippen LogP contribution in [0.15, 0.2) is 24.3 Å². The number of thioether (sulfide) groups is 1. The van der Waals surface area contributed by atoms with Gasteiger partial charge in [0.2, 0.25) is 11.8 Å². The zero-order valence-corrected chi connectivity index (χ0v) is 23.7. The number of esters is 1. The number of amides is 3. The fourth-order valence-corrected chi connectivity index (χ4v) is 4.01. The molecule has 0 saturated heterocycles. The molecule has 0 saturated carbocycles. The van der Waals surface area contributed by atoms with Crippen LogP contribution in [0.25, 0.3) is 0 Å². The molecule has 2 N–H and O–H groups in total. The van der Waals surface area contributed by atoms with E-state index in [2.05, 4.69) is 15.4 Å². The van der Waals surface area contributed by atoms with Crippen molar-refractivity contribution in [2.75, 3.05) is 25.7 Å². The van der Waals surface area contributed by atoms with Crippen LogP contribution in [0.5, 0.6) is 0 Å². The summed E-state index contributed by atoms with van der Waals surface area (Å²) in [4.78, 5) is 53.3. The number of carbonyl (C=O) groups excluding carboxylic acids is 4. The van der Waals surface area contributed by atoms with Gasteiger partial charge in [-0.15, -0.1) is 0 Å². The third-order valence-electron chi connectivity index (χ3n) is 5.06. The van der Waals surface area contributed by atoms with Crippen molar-refractivity contribution < 1.29 is 28.7 Å². The minimum atomic E-state index is -1.06. The average Bonchev–Trinajstić information content (AvgIpc) is 2.75. The second-order valence-corrected chi connectivity index (χ2v) is 11.5. The Hall–Kier alpha value is -2.75. The number of hydrogen-bond acceptors (Lipinski definition) is 7. The van der Waals surface area contributed by atoms with E-state index in [1.54, 1.807) is 44.7 Å². The fraction of sp³-hybridized carbons (Fsp3) is 0.615. The van der Waals surface area contributed by atoms with E-state index in [-0.39, 0.29) is 6.54 Å². The number of nitrogens with one attached hydrogen (secondary N) is 2. The maximum absolute atomic E-state index is 14.1. The number of methoxy groups -OCH3 is 1. The van der Waals surface area contributed by atoms with Gasteiger partial charge < -0.3 is 25.0 Å². The lowest BCUT2D eigenvalue weighted by molar-refractivity contribution is -0.149. The summed E-state index contributed by atoms with van der Waals surface area (Å²) in [7, 11) is 1.23. The Morgan fingerprint density at radius 1 is 1.08 bits per heavy atom. The highest BCUT2D eigenvalue weighted by Gasteiger charge is 2.41. The number of benzene rings is 1. The van der Waals surface area contributed by atoms with Crippen LogP contribution < -0.4 is 10.6 Å². The molecule has 9 nitrogen and oxygen atoms in total. The second kappa shape index (κ2) is 13.5. The van der Waals surface area contributed by atoms with E-state index in [0.29, 0.717) is 17.7 Å². The lowest BCUT2D eigenvalue weighted by Gasteiger charge is -2.43. The minimum absolute atomic E-state index is 0.337. The molecule has 0 aromatic heterocycles. The van der Waals surface area contributed by atoms with Gasteiger partial charge in [0.05, 0.1) is 7.11 Å². The summed E-state index contributed by atoms with van der Waals surface area (Å²) < 4.78 is 10.0. The molecule has 1 rings (SSSR count). The van der Waals surface area contributed by atoms with E-state index >= 15 is 0 Å². The van der Waals surface area contributed by atoms with Crippen LogP contribution in [0.2, 0.25) is 0 Å². The largest absolute Gasteiger partial charge is 0.468 e. The van der Waals surface area contributed by atoms with Gasteiger partial charge in [-0.3, -0.25) is 14.4 Å². The number of ether oxygens (including phenoxy) is 2.